The zero-order valence-corrected chi connectivity index (χ0v) is 18.7. The van der Waals surface area contributed by atoms with E-state index in [9.17, 15) is 9.18 Å². The molecular weight excluding hydrogens is 377 g/mol. The molecule has 2 saturated carbocycles. The average Bonchev–Trinajstić information content (AvgIpc) is 3.24. The molecule has 4 nitrogen and oxygen atoms in total. The second-order valence-electron chi connectivity index (χ2n) is 9.34. The number of carbonyl (C=O) groups is 1. The Balaban J connectivity index is 1.82. The summed E-state index contributed by atoms with van der Waals surface area (Å²) in [7, 11) is 0. The molecule has 0 spiro atoms. The molecule has 0 heterocycles. The highest BCUT2D eigenvalue weighted by molar-refractivity contribution is 5.98. The van der Waals surface area contributed by atoms with E-state index < -0.39 is 0 Å². The Labute approximate surface area is 179 Å². The molecule has 0 bridgehead atoms. The Morgan fingerprint density at radius 2 is 1.77 bits per heavy atom. The molecule has 2 aliphatic carbocycles. The van der Waals surface area contributed by atoms with E-state index in [1.54, 1.807) is 6.07 Å². The lowest BCUT2D eigenvalue weighted by atomic mass is 9.78. The lowest BCUT2D eigenvalue weighted by Crippen LogP contribution is -2.40. The van der Waals surface area contributed by atoms with Gasteiger partial charge >= 0.3 is 0 Å². The Morgan fingerprint density at radius 1 is 1.13 bits per heavy atom. The first-order valence-corrected chi connectivity index (χ1v) is 10.9. The number of benzene rings is 1. The summed E-state index contributed by atoms with van der Waals surface area (Å²) >= 11 is 0. The number of hydrogen-bond donors (Lipinski definition) is 2. The molecule has 0 atom stereocenters. The normalized spacial score (nSPS) is 19.5. The van der Waals surface area contributed by atoms with Crippen LogP contribution in [0.5, 0.6) is 0 Å². The summed E-state index contributed by atoms with van der Waals surface area (Å²) in [5, 5.41) is 6.56. The summed E-state index contributed by atoms with van der Waals surface area (Å²) in [6.07, 6.45) is 6.03. The fourth-order valence-corrected chi connectivity index (χ4v) is 4.56. The van der Waals surface area contributed by atoms with Crippen molar-refractivity contribution in [3.63, 3.8) is 0 Å². The van der Waals surface area contributed by atoms with Crippen LogP contribution < -0.4 is 10.6 Å². The summed E-state index contributed by atoms with van der Waals surface area (Å²) in [5.41, 5.74) is 2.74. The molecule has 3 rings (SSSR count). The van der Waals surface area contributed by atoms with Crippen LogP contribution in [0.15, 0.2) is 51.8 Å². The van der Waals surface area contributed by atoms with Gasteiger partial charge in [0.05, 0.1) is 0 Å². The number of rotatable bonds is 8. The number of nitrogens with zero attached hydrogens (tertiary/aromatic N) is 1. The standard InChI is InChI=1S/C25H34FN3O/c1-17(2)21(18(3)22(27-5)29-24(4)14-15-24)23(30)28-16-25(12-8-9-13-25)19-10-6-7-11-20(19)26/h6-7,10-11,29H,5,8-9,12-16H2,1-4H3,(H,28,30)/b22-18-. The first-order valence-electron chi connectivity index (χ1n) is 10.9. The summed E-state index contributed by atoms with van der Waals surface area (Å²) in [6.45, 7) is 12.0. The molecule has 1 amide bonds. The lowest BCUT2D eigenvalue weighted by Gasteiger charge is -2.30. The molecule has 0 aromatic heterocycles. The van der Waals surface area contributed by atoms with Gasteiger partial charge in [-0.25, -0.2) is 9.38 Å². The maximum Gasteiger partial charge on any atom is 0.251 e. The van der Waals surface area contributed by atoms with Crippen molar-refractivity contribution in [2.75, 3.05) is 6.54 Å². The van der Waals surface area contributed by atoms with Crippen LogP contribution in [0, 0.1) is 5.82 Å². The summed E-state index contributed by atoms with van der Waals surface area (Å²) in [5.74, 6) is 0.331. The third kappa shape index (κ3) is 4.66. The van der Waals surface area contributed by atoms with Gasteiger partial charge in [-0.15, -0.1) is 0 Å². The van der Waals surface area contributed by atoms with Crippen LogP contribution in [0.25, 0.3) is 0 Å². The van der Waals surface area contributed by atoms with Crippen molar-refractivity contribution in [2.24, 2.45) is 4.99 Å². The molecule has 0 unspecified atom stereocenters. The van der Waals surface area contributed by atoms with Crippen molar-refractivity contribution < 1.29 is 9.18 Å². The van der Waals surface area contributed by atoms with Crippen molar-refractivity contribution in [1.82, 2.24) is 10.6 Å². The van der Waals surface area contributed by atoms with E-state index in [0.717, 1.165) is 49.7 Å². The quantitative estimate of drug-likeness (QED) is 0.352. The minimum Gasteiger partial charge on any atom is -0.365 e. The largest absolute Gasteiger partial charge is 0.365 e. The van der Waals surface area contributed by atoms with E-state index >= 15 is 0 Å². The van der Waals surface area contributed by atoms with Crippen LogP contribution in [0.4, 0.5) is 4.39 Å². The number of carbonyl (C=O) groups excluding carboxylic acids is 1. The maximum atomic E-state index is 14.6. The van der Waals surface area contributed by atoms with Crippen molar-refractivity contribution in [3.05, 3.63) is 58.2 Å². The third-order valence-electron chi connectivity index (χ3n) is 6.63. The molecule has 0 aliphatic heterocycles. The van der Waals surface area contributed by atoms with Crippen molar-refractivity contribution in [1.29, 1.82) is 0 Å². The molecule has 2 aliphatic rings. The van der Waals surface area contributed by atoms with Gasteiger partial charge in [0.2, 0.25) is 0 Å². The smallest absolute Gasteiger partial charge is 0.251 e. The Morgan fingerprint density at radius 3 is 2.30 bits per heavy atom. The Bertz CT molecular complexity index is 885. The van der Waals surface area contributed by atoms with Crippen LogP contribution in [-0.2, 0) is 10.2 Å². The number of hydrogen-bond acceptors (Lipinski definition) is 3. The number of nitrogens with one attached hydrogen (secondary N) is 2. The molecule has 30 heavy (non-hydrogen) atoms. The summed E-state index contributed by atoms with van der Waals surface area (Å²) in [6, 6.07) is 6.96. The molecule has 2 fully saturated rings. The molecular formula is C25H34FN3O. The predicted octanol–water partition coefficient (Wildman–Crippen LogP) is 5.16. The molecule has 1 aromatic rings. The highest BCUT2D eigenvalue weighted by Gasteiger charge is 2.39. The zero-order valence-electron chi connectivity index (χ0n) is 18.7. The average molecular weight is 412 g/mol. The maximum absolute atomic E-state index is 14.6. The fourth-order valence-electron chi connectivity index (χ4n) is 4.56. The minimum absolute atomic E-state index is 0.0414. The fraction of sp³-hybridized carbons (Fsp3) is 0.520. The Hall–Kier alpha value is -2.43. The highest BCUT2D eigenvalue weighted by Crippen LogP contribution is 2.42. The van der Waals surface area contributed by atoms with Gasteiger partial charge in [-0.05, 0) is 71.7 Å². The SMILES string of the molecule is C=N/C(NC1(C)CC1)=C(\C)C(C(=O)NCC1(c2ccccc2F)CCCC1)=C(C)C. The molecule has 0 saturated heterocycles. The summed E-state index contributed by atoms with van der Waals surface area (Å²) in [4.78, 5) is 17.4. The van der Waals surface area contributed by atoms with E-state index in [2.05, 4.69) is 29.3 Å². The number of allylic oxidation sites excluding steroid dienone is 1. The van der Waals surface area contributed by atoms with Crippen molar-refractivity contribution in [3.8, 4) is 0 Å². The number of halogens is 1. The first kappa shape index (κ1) is 22.3. The predicted molar refractivity (Wildman–Crippen MR) is 121 cm³/mol. The van der Waals surface area contributed by atoms with E-state index in [-0.39, 0.29) is 22.7 Å². The second-order valence-corrected chi connectivity index (χ2v) is 9.34. The van der Waals surface area contributed by atoms with Gasteiger partial charge in [-0.2, -0.15) is 0 Å². The molecule has 0 radical (unpaired) electrons. The van der Waals surface area contributed by atoms with E-state index in [4.69, 9.17) is 0 Å². The van der Waals surface area contributed by atoms with Gasteiger partial charge in [0.15, 0.2) is 0 Å². The van der Waals surface area contributed by atoms with E-state index in [0.29, 0.717) is 23.5 Å². The zero-order chi connectivity index (χ0) is 21.9. The van der Waals surface area contributed by atoms with Gasteiger partial charge < -0.3 is 10.6 Å². The van der Waals surface area contributed by atoms with Gasteiger partial charge in [0, 0.05) is 28.6 Å². The third-order valence-corrected chi connectivity index (χ3v) is 6.63. The Kier molecular flexibility index (Phi) is 6.49. The highest BCUT2D eigenvalue weighted by atomic mass is 19.1. The lowest BCUT2D eigenvalue weighted by molar-refractivity contribution is -0.117. The molecule has 1 aromatic carbocycles. The van der Waals surface area contributed by atoms with Gasteiger partial charge in [-0.3, -0.25) is 4.79 Å². The van der Waals surface area contributed by atoms with Gasteiger partial charge in [0.1, 0.15) is 11.6 Å². The molecule has 2 N–H and O–H groups in total. The number of amides is 1. The van der Waals surface area contributed by atoms with Crippen molar-refractivity contribution in [2.45, 2.75) is 77.2 Å². The van der Waals surface area contributed by atoms with Crippen LogP contribution in [0.2, 0.25) is 0 Å². The van der Waals surface area contributed by atoms with Crippen LogP contribution in [0.1, 0.15) is 71.8 Å². The van der Waals surface area contributed by atoms with Crippen molar-refractivity contribution >= 4 is 12.6 Å². The monoisotopic (exact) mass is 411 g/mol. The van der Waals surface area contributed by atoms with E-state index in [1.165, 1.54) is 6.07 Å². The number of aliphatic imine (C=N–C) groups is 1. The molecule has 5 heteroatoms. The van der Waals surface area contributed by atoms with Crippen LogP contribution in [0.3, 0.4) is 0 Å². The van der Waals surface area contributed by atoms with E-state index in [1.807, 2.05) is 32.9 Å². The van der Waals surface area contributed by atoms with Gasteiger partial charge in [-0.1, -0.05) is 36.6 Å². The van der Waals surface area contributed by atoms with Gasteiger partial charge in [0.25, 0.3) is 5.91 Å². The minimum atomic E-state index is -0.343. The first-order chi connectivity index (χ1) is 14.2. The topological polar surface area (TPSA) is 53.5 Å². The second kappa shape index (κ2) is 8.75. The molecule has 162 valence electrons. The van der Waals surface area contributed by atoms with Crippen LogP contribution in [-0.4, -0.2) is 24.7 Å². The van der Waals surface area contributed by atoms with Crippen LogP contribution >= 0.6 is 0 Å². The summed E-state index contributed by atoms with van der Waals surface area (Å²) < 4.78 is 14.6.